The number of ether oxygens (including phenoxy) is 3. The van der Waals surface area contributed by atoms with E-state index in [1.807, 2.05) is 18.2 Å². The van der Waals surface area contributed by atoms with E-state index in [0.29, 0.717) is 19.3 Å². The lowest BCUT2D eigenvalue weighted by Gasteiger charge is -2.17. The van der Waals surface area contributed by atoms with Gasteiger partial charge in [-0.25, -0.2) is 0 Å². The van der Waals surface area contributed by atoms with Crippen LogP contribution in [0.25, 0.3) is 0 Å². The van der Waals surface area contributed by atoms with Gasteiger partial charge < -0.3 is 24.8 Å². The number of nitrogens with zero attached hydrogens (tertiary/aromatic N) is 1. The van der Waals surface area contributed by atoms with Gasteiger partial charge in [-0.3, -0.25) is 4.99 Å². The molecule has 1 aliphatic rings. The van der Waals surface area contributed by atoms with E-state index in [1.54, 1.807) is 21.3 Å². The van der Waals surface area contributed by atoms with E-state index in [2.05, 4.69) is 15.6 Å². The van der Waals surface area contributed by atoms with Gasteiger partial charge in [0.05, 0.1) is 26.9 Å². The molecule has 1 saturated carbocycles. The van der Waals surface area contributed by atoms with Crippen LogP contribution in [0.3, 0.4) is 0 Å². The molecule has 1 aromatic carbocycles. The Balaban J connectivity index is 0.00000364. The fourth-order valence-corrected chi connectivity index (χ4v) is 3.20. The molecule has 0 spiro atoms. The van der Waals surface area contributed by atoms with Gasteiger partial charge in [-0.05, 0) is 30.5 Å². The van der Waals surface area contributed by atoms with Gasteiger partial charge in [0.2, 0.25) is 0 Å². The van der Waals surface area contributed by atoms with Gasteiger partial charge in [0.1, 0.15) is 0 Å². The van der Waals surface area contributed by atoms with Crippen molar-refractivity contribution in [3.63, 3.8) is 0 Å². The van der Waals surface area contributed by atoms with Crippen LogP contribution in [0.1, 0.15) is 44.1 Å². The van der Waals surface area contributed by atoms with Gasteiger partial charge >= 0.3 is 0 Å². The van der Waals surface area contributed by atoms with Gasteiger partial charge in [0.15, 0.2) is 17.5 Å². The van der Waals surface area contributed by atoms with Crippen LogP contribution in [0.5, 0.6) is 11.5 Å². The molecule has 1 aliphatic carbocycles. The van der Waals surface area contributed by atoms with Crippen LogP contribution in [-0.4, -0.2) is 46.5 Å². The lowest BCUT2D eigenvalue weighted by Crippen LogP contribution is -2.38. The Bertz CT molecular complexity index is 561. The minimum atomic E-state index is 0. The van der Waals surface area contributed by atoms with E-state index in [-0.39, 0.29) is 24.0 Å². The molecule has 27 heavy (non-hydrogen) atoms. The van der Waals surface area contributed by atoms with Gasteiger partial charge in [-0.2, -0.15) is 0 Å². The maximum atomic E-state index is 6.00. The summed E-state index contributed by atoms with van der Waals surface area (Å²) < 4.78 is 16.6. The van der Waals surface area contributed by atoms with Gasteiger partial charge in [0, 0.05) is 20.1 Å². The van der Waals surface area contributed by atoms with Crippen molar-refractivity contribution in [2.24, 2.45) is 4.99 Å². The third-order valence-corrected chi connectivity index (χ3v) is 4.68. The summed E-state index contributed by atoms with van der Waals surface area (Å²) in [7, 11) is 5.05. The van der Waals surface area contributed by atoms with E-state index in [0.717, 1.165) is 29.6 Å². The molecule has 0 heterocycles. The molecule has 1 aromatic rings. The molecule has 0 radical (unpaired) electrons. The van der Waals surface area contributed by atoms with Crippen molar-refractivity contribution >= 4 is 29.9 Å². The Morgan fingerprint density at radius 1 is 1.04 bits per heavy atom. The Morgan fingerprint density at radius 2 is 1.74 bits per heavy atom. The number of halogens is 1. The van der Waals surface area contributed by atoms with E-state index in [9.17, 15) is 0 Å². The number of hydrogen-bond acceptors (Lipinski definition) is 4. The minimum absolute atomic E-state index is 0. The summed E-state index contributed by atoms with van der Waals surface area (Å²) in [5.74, 6) is 2.23. The lowest BCUT2D eigenvalue weighted by molar-refractivity contribution is 0.0468. The second-order valence-electron chi connectivity index (χ2n) is 6.53. The Kier molecular flexibility index (Phi) is 12.2. The van der Waals surface area contributed by atoms with Gasteiger partial charge in [0.25, 0.3) is 0 Å². The highest BCUT2D eigenvalue weighted by Crippen LogP contribution is 2.27. The maximum absolute atomic E-state index is 6.00. The first-order chi connectivity index (χ1) is 12.8. The van der Waals surface area contributed by atoms with Crippen molar-refractivity contribution in [1.29, 1.82) is 0 Å². The summed E-state index contributed by atoms with van der Waals surface area (Å²) in [5.41, 5.74) is 1.10. The highest BCUT2D eigenvalue weighted by molar-refractivity contribution is 14.0. The normalized spacial score (nSPS) is 15.4. The number of rotatable bonds is 8. The zero-order valence-electron chi connectivity index (χ0n) is 16.8. The minimum Gasteiger partial charge on any atom is -0.493 e. The first-order valence-electron chi connectivity index (χ1n) is 9.54. The zero-order valence-corrected chi connectivity index (χ0v) is 19.1. The van der Waals surface area contributed by atoms with E-state index >= 15 is 0 Å². The second-order valence-corrected chi connectivity index (χ2v) is 6.53. The van der Waals surface area contributed by atoms with Crippen LogP contribution in [0.2, 0.25) is 0 Å². The molecule has 154 valence electrons. The van der Waals surface area contributed by atoms with E-state index < -0.39 is 0 Å². The Morgan fingerprint density at radius 3 is 2.37 bits per heavy atom. The summed E-state index contributed by atoms with van der Waals surface area (Å²) in [6.45, 7) is 2.12. The largest absolute Gasteiger partial charge is 0.493 e. The van der Waals surface area contributed by atoms with Crippen LogP contribution < -0.4 is 20.1 Å². The number of methoxy groups -OCH3 is 2. The molecule has 0 aliphatic heterocycles. The third kappa shape index (κ3) is 8.55. The van der Waals surface area contributed by atoms with Crippen LogP contribution in [0.4, 0.5) is 0 Å². The molecule has 2 rings (SSSR count). The molecule has 2 N–H and O–H groups in total. The maximum Gasteiger partial charge on any atom is 0.191 e. The molecule has 0 amide bonds. The van der Waals surface area contributed by atoms with Crippen molar-refractivity contribution in [2.75, 3.05) is 34.4 Å². The number of aliphatic imine (C=N–C) groups is 1. The highest BCUT2D eigenvalue weighted by Gasteiger charge is 2.12. The number of nitrogens with one attached hydrogen (secondary N) is 2. The first kappa shape index (κ1) is 23.8. The molecule has 1 fully saturated rings. The summed E-state index contributed by atoms with van der Waals surface area (Å²) in [6, 6.07) is 5.89. The quantitative estimate of drug-likeness (QED) is 0.191. The standard InChI is InChI=1S/C20H33N3O3.HI/c1-21-20(22-12-13-26-17-8-6-4-5-7-9-17)23-15-16-10-11-18(24-2)19(14-16)25-3;/h10-11,14,17H,4-9,12-13,15H2,1-3H3,(H2,21,22,23);1H. The fraction of sp³-hybridized carbons (Fsp3) is 0.650. The molecule has 0 atom stereocenters. The number of hydrogen-bond donors (Lipinski definition) is 2. The van der Waals surface area contributed by atoms with Crippen molar-refractivity contribution in [2.45, 2.75) is 51.2 Å². The third-order valence-electron chi connectivity index (χ3n) is 4.68. The molecular weight excluding hydrogens is 457 g/mol. The van der Waals surface area contributed by atoms with Crippen LogP contribution in [0.15, 0.2) is 23.2 Å². The van der Waals surface area contributed by atoms with E-state index in [1.165, 1.54) is 38.5 Å². The smallest absolute Gasteiger partial charge is 0.191 e. The zero-order chi connectivity index (χ0) is 18.6. The number of benzene rings is 1. The lowest BCUT2D eigenvalue weighted by atomic mass is 10.1. The predicted octanol–water partition coefficient (Wildman–Crippen LogP) is 3.73. The second kappa shape index (κ2) is 13.9. The average molecular weight is 491 g/mol. The van der Waals surface area contributed by atoms with Gasteiger partial charge in [-0.15, -0.1) is 24.0 Å². The topological polar surface area (TPSA) is 64.1 Å². The summed E-state index contributed by atoms with van der Waals surface area (Å²) >= 11 is 0. The van der Waals surface area contributed by atoms with Crippen molar-refractivity contribution < 1.29 is 14.2 Å². The Hall–Kier alpha value is -1.22. The van der Waals surface area contributed by atoms with Crippen LogP contribution in [0, 0.1) is 0 Å². The number of guanidine groups is 1. The molecule has 0 aromatic heterocycles. The van der Waals surface area contributed by atoms with Crippen molar-refractivity contribution in [3.8, 4) is 11.5 Å². The summed E-state index contributed by atoms with van der Waals surface area (Å²) in [4.78, 5) is 4.26. The van der Waals surface area contributed by atoms with Crippen molar-refractivity contribution in [3.05, 3.63) is 23.8 Å². The molecule has 0 saturated heterocycles. The highest BCUT2D eigenvalue weighted by atomic mass is 127. The molecular formula is C20H34IN3O3. The van der Waals surface area contributed by atoms with E-state index in [4.69, 9.17) is 14.2 Å². The fourth-order valence-electron chi connectivity index (χ4n) is 3.20. The van der Waals surface area contributed by atoms with Crippen LogP contribution >= 0.6 is 24.0 Å². The molecule has 0 unspecified atom stereocenters. The SMILES string of the molecule is CN=C(NCCOC1CCCCCC1)NCc1ccc(OC)c(OC)c1.I. The predicted molar refractivity (Wildman–Crippen MR) is 121 cm³/mol. The Labute approximate surface area is 180 Å². The summed E-state index contributed by atoms with van der Waals surface area (Å²) in [5, 5.41) is 6.61. The molecule has 0 bridgehead atoms. The first-order valence-corrected chi connectivity index (χ1v) is 9.54. The van der Waals surface area contributed by atoms with Gasteiger partial charge in [-0.1, -0.05) is 31.7 Å². The molecule has 7 heteroatoms. The monoisotopic (exact) mass is 491 g/mol. The van der Waals surface area contributed by atoms with Crippen molar-refractivity contribution in [1.82, 2.24) is 10.6 Å². The average Bonchev–Trinajstić information content (AvgIpc) is 2.96. The summed E-state index contributed by atoms with van der Waals surface area (Å²) in [6.07, 6.45) is 8.13. The molecule has 6 nitrogen and oxygen atoms in total. The van der Waals surface area contributed by atoms with Crippen LogP contribution in [-0.2, 0) is 11.3 Å².